The number of imidazole rings is 1. The summed E-state index contributed by atoms with van der Waals surface area (Å²) in [5, 5.41) is 17.2. The monoisotopic (exact) mass is 280 g/mol. The first-order valence-electron chi connectivity index (χ1n) is 6.30. The summed E-state index contributed by atoms with van der Waals surface area (Å²) in [6, 6.07) is 10.2. The molecule has 0 radical (unpaired) electrons. The van der Waals surface area contributed by atoms with Crippen LogP contribution in [0.2, 0.25) is 0 Å². The molecular weight excluding hydrogens is 268 g/mol. The molecule has 0 saturated carbocycles. The van der Waals surface area contributed by atoms with Crippen molar-refractivity contribution in [3.63, 3.8) is 0 Å². The maximum absolute atomic E-state index is 10.8. The molecule has 1 N–H and O–H groups in total. The van der Waals surface area contributed by atoms with Crippen molar-refractivity contribution in [3.8, 4) is 22.8 Å². The molecule has 3 rings (SSSR count). The van der Waals surface area contributed by atoms with Crippen LogP contribution in [0.25, 0.3) is 22.8 Å². The third-order valence-electron chi connectivity index (χ3n) is 3.14. The van der Waals surface area contributed by atoms with Crippen LogP contribution in [-0.4, -0.2) is 30.8 Å². The van der Waals surface area contributed by atoms with Crippen molar-refractivity contribution in [1.29, 1.82) is 0 Å². The van der Waals surface area contributed by atoms with Gasteiger partial charge in [0.15, 0.2) is 5.82 Å². The molecule has 0 atom stereocenters. The van der Waals surface area contributed by atoms with Gasteiger partial charge in [0.05, 0.1) is 11.3 Å². The average Bonchev–Trinajstić information content (AvgIpc) is 2.94. The summed E-state index contributed by atoms with van der Waals surface area (Å²) >= 11 is 0. The Morgan fingerprint density at radius 2 is 1.71 bits per heavy atom. The van der Waals surface area contributed by atoms with E-state index in [2.05, 4.69) is 15.2 Å². The minimum Gasteiger partial charge on any atom is -0.478 e. The number of nitrogens with zero attached hydrogens (tertiary/aromatic N) is 4. The molecule has 6 heteroatoms. The van der Waals surface area contributed by atoms with E-state index < -0.39 is 5.97 Å². The summed E-state index contributed by atoms with van der Waals surface area (Å²) in [5.74, 6) is -0.201. The number of carboxylic acids is 1. The Morgan fingerprint density at radius 1 is 1.05 bits per heavy atom. The van der Waals surface area contributed by atoms with E-state index in [0.717, 1.165) is 11.4 Å². The lowest BCUT2D eigenvalue weighted by Crippen LogP contribution is -1.97. The van der Waals surface area contributed by atoms with Crippen molar-refractivity contribution < 1.29 is 9.90 Å². The smallest absolute Gasteiger partial charge is 0.335 e. The molecule has 2 aromatic heterocycles. The maximum Gasteiger partial charge on any atom is 0.335 e. The predicted molar refractivity (Wildman–Crippen MR) is 76.6 cm³/mol. The highest BCUT2D eigenvalue weighted by molar-refractivity contribution is 5.88. The fraction of sp³-hybridized carbons (Fsp3) is 0.0667. The van der Waals surface area contributed by atoms with Gasteiger partial charge >= 0.3 is 5.97 Å². The number of aromatic carboxylic acids is 1. The second kappa shape index (κ2) is 5.16. The van der Waals surface area contributed by atoms with Crippen LogP contribution in [0.5, 0.6) is 0 Å². The second-order valence-electron chi connectivity index (χ2n) is 4.55. The molecule has 21 heavy (non-hydrogen) atoms. The second-order valence-corrected chi connectivity index (χ2v) is 4.55. The van der Waals surface area contributed by atoms with Crippen molar-refractivity contribution in [3.05, 3.63) is 54.4 Å². The molecule has 2 heterocycles. The van der Waals surface area contributed by atoms with Gasteiger partial charge in [0.2, 0.25) is 0 Å². The van der Waals surface area contributed by atoms with Gasteiger partial charge in [-0.2, -0.15) is 0 Å². The van der Waals surface area contributed by atoms with Crippen LogP contribution in [0, 0.1) is 0 Å². The summed E-state index contributed by atoms with van der Waals surface area (Å²) in [6.07, 6.45) is 3.55. The number of carbonyl (C=O) groups is 1. The molecular formula is C15H12N4O2. The Morgan fingerprint density at radius 3 is 2.24 bits per heavy atom. The maximum atomic E-state index is 10.8. The third-order valence-corrected chi connectivity index (χ3v) is 3.14. The molecule has 1 aromatic carbocycles. The largest absolute Gasteiger partial charge is 0.478 e. The van der Waals surface area contributed by atoms with Crippen LogP contribution in [0.4, 0.5) is 0 Å². The van der Waals surface area contributed by atoms with E-state index in [0.29, 0.717) is 11.4 Å². The zero-order valence-electron chi connectivity index (χ0n) is 11.3. The standard InChI is InChI=1S/C15H12N4O2/c1-19-9-8-16-14(19)13-7-6-12(17-18-13)10-2-4-11(5-3-10)15(20)21/h2-9H,1H3,(H,20,21). The van der Waals surface area contributed by atoms with E-state index in [1.165, 1.54) is 0 Å². The number of hydrogen-bond acceptors (Lipinski definition) is 4. The summed E-state index contributed by atoms with van der Waals surface area (Å²) in [5.41, 5.74) is 2.44. The minimum atomic E-state index is -0.947. The Bertz CT molecular complexity index is 776. The first-order chi connectivity index (χ1) is 10.1. The molecule has 0 aliphatic carbocycles. The molecule has 3 aromatic rings. The number of aryl methyl sites for hydroxylation is 1. The number of hydrogen-bond donors (Lipinski definition) is 1. The van der Waals surface area contributed by atoms with E-state index in [1.54, 1.807) is 30.5 Å². The number of aromatic nitrogens is 4. The molecule has 0 saturated heterocycles. The van der Waals surface area contributed by atoms with Crippen LogP contribution in [0.15, 0.2) is 48.8 Å². The summed E-state index contributed by atoms with van der Waals surface area (Å²) in [6.45, 7) is 0. The molecule has 0 fully saturated rings. The van der Waals surface area contributed by atoms with E-state index in [4.69, 9.17) is 5.11 Å². The molecule has 0 spiro atoms. The van der Waals surface area contributed by atoms with Gasteiger partial charge in [0.25, 0.3) is 0 Å². The van der Waals surface area contributed by atoms with E-state index in [1.807, 2.05) is 29.9 Å². The molecule has 6 nitrogen and oxygen atoms in total. The first kappa shape index (κ1) is 13.0. The van der Waals surface area contributed by atoms with Crippen LogP contribution in [0.1, 0.15) is 10.4 Å². The highest BCUT2D eigenvalue weighted by atomic mass is 16.4. The van der Waals surface area contributed by atoms with E-state index in [-0.39, 0.29) is 5.56 Å². The first-order valence-corrected chi connectivity index (χ1v) is 6.30. The highest BCUT2D eigenvalue weighted by Crippen LogP contribution is 2.19. The zero-order valence-corrected chi connectivity index (χ0v) is 11.3. The van der Waals surface area contributed by atoms with Gasteiger partial charge < -0.3 is 9.67 Å². The average molecular weight is 280 g/mol. The zero-order chi connectivity index (χ0) is 14.8. The van der Waals surface area contributed by atoms with Crippen molar-refractivity contribution in [2.45, 2.75) is 0 Å². The molecule has 0 bridgehead atoms. The number of benzene rings is 1. The summed E-state index contributed by atoms with van der Waals surface area (Å²) in [4.78, 5) is 15.0. The fourth-order valence-electron chi connectivity index (χ4n) is 2.00. The van der Waals surface area contributed by atoms with Gasteiger partial charge in [0, 0.05) is 25.0 Å². The Hall–Kier alpha value is -3.02. The number of carboxylic acid groups (broad SMARTS) is 1. The number of rotatable bonds is 3. The molecule has 0 unspecified atom stereocenters. The predicted octanol–water partition coefficient (Wildman–Crippen LogP) is 2.24. The lowest BCUT2D eigenvalue weighted by Gasteiger charge is -2.03. The van der Waals surface area contributed by atoms with Crippen LogP contribution >= 0.6 is 0 Å². The Balaban J connectivity index is 1.90. The van der Waals surface area contributed by atoms with Gasteiger partial charge in [0.1, 0.15) is 5.69 Å². The minimum absolute atomic E-state index is 0.247. The molecule has 0 aliphatic heterocycles. The lowest BCUT2D eigenvalue weighted by molar-refractivity contribution is 0.0697. The SMILES string of the molecule is Cn1ccnc1-c1ccc(-c2ccc(C(=O)O)cc2)nn1. The Labute approximate surface area is 120 Å². The van der Waals surface area contributed by atoms with Gasteiger partial charge in [-0.15, -0.1) is 10.2 Å². The molecule has 0 aliphatic rings. The normalized spacial score (nSPS) is 10.5. The van der Waals surface area contributed by atoms with E-state index in [9.17, 15) is 4.79 Å². The highest BCUT2D eigenvalue weighted by Gasteiger charge is 2.08. The third kappa shape index (κ3) is 2.51. The Kier molecular flexibility index (Phi) is 3.19. The van der Waals surface area contributed by atoms with Crippen molar-refractivity contribution in [2.75, 3.05) is 0 Å². The van der Waals surface area contributed by atoms with Crippen LogP contribution in [0.3, 0.4) is 0 Å². The van der Waals surface area contributed by atoms with E-state index >= 15 is 0 Å². The van der Waals surface area contributed by atoms with Gasteiger partial charge in [-0.3, -0.25) is 0 Å². The summed E-state index contributed by atoms with van der Waals surface area (Å²) < 4.78 is 1.87. The van der Waals surface area contributed by atoms with Crippen molar-refractivity contribution >= 4 is 5.97 Å². The van der Waals surface area contributed by atoms with Crippen molar-refractivity contribution in [1.82, 2.24) is 19.7 Å². The molecule has 0 amide bonds. The van der Waals surface area contributed by atoms with Crippen LogP contribution in [-0.2, 0) is 7.05 Å². The summed E-state index contributed by atoms with van der Waals surface area (Å²) in [7, 11) is 1.89. The van der Waals surface area contributed by atoms with Gasteiger partial charge in [-0.05, 0) is 24.3 Å². The fourth-order valence-corrected chi connectivity index (χ4v) is 2.00. The topological polar surface area (TPSA) is 80.9 Å². The van der Waals surface area contributed by atoms with Gasteiger partial charge in [-0.25, -0.2) is 9.78 Å². The molecule has 104 valence electrons. The van der Waals surface area contributed by atoms with Gasteiger partial charge in [-0.1, -0.05) is 12.1 Å². The van der Waals surface area contributed by atoms with Crippen LogP contribution < -0.4 is 0 Å². The van der Waals surface area contributed by atoms with Crippen molar-refractivity contribution in [2.24, 2.45) is 7.05 Å². The quantitative estimate of drug-likeness (QED) is 0.795. The lowest BCUT2D eigenvalue weighted by atomic mass is 10.1.